The van der Waals surface area contributed by atoms with Crippen molar-refractivity contribution in [1.82, 2.24) is 0 Å². The monoisotopic (exact) mass is 248 g/mol. The molecule has 1 aromatic carbocycles. The van der Waals surface area contributed by atoms with Gasteiger partial charge in [-0.2, -0.15) is 0 Å². The zero-order valence-electron chi connectivity index (χ0n) is 10.8. The lowest BCUT2D eigenvalue weighted by atomic mass is 9.76. The summed E-state index contributed by atoms with van der Waals surface area (Å²) in [5.74, 6) is 0.199. The van der Waals surface area contributed by atoms with Gasteiger partial charge in [-0.3, -0.25) is 0 Å². The zero-order valence-corrected chi connectivity index (χ0v) is 10.8. The molecular weight excluding hydrogens is 228 g/mol. The van der Waals surface area contributed by atoms with Crippen LogP contribution in [0.5, 0.6) is 0 Å². The summed E-state index contributed by atoms with van der Waals surface area (Å²) < 4.78 is 0. The Morgan fingerprint density at radius 1 is 1.39 bits per heavy atom. The molecule has 0 aliphatic heterocycles. The molecule has 3 nitrogen and oxygen atoms in total. The highest BCUT2D eigenvalue weighted by Crippen LogP contribution is 2.41. The Morgan fingerprint density at radius 3 is 2.67 bits per heavy atom. The predicted molar refractivity (Wildman–Crippen MR) is 71.3 cm³/mol. The van der Waals surface area contributed by atoms with Crippen LogP contribution in [0.3, 0.4) is 0 Å². The quantitative estimate of drug-likeness (QED) is 0.749. The van der Waals surface area contributed by atoms with Crippen LogP contribution in [0, 0.1) is 6.92 Å². The van der Waals surface area contributed by atoms with E-state index in [1.54, 1.807) is 0 Å². The van der Waals surface area contributed by atoms with Crippen molar-refractivity contribution in [3.05, 3.63) is 41.0 Å². The van der Waals surface area contributed by atoms with Crippen LogP contribution in [0.2, 0.25) is 0 Å². The third-order valence-corrected chi connectivity index (χ3v) is 3.89. The van der Waals surface area contributed by atoms with Crippen molar-refractivity contribution in [2.24, 2.45) is 0 Å². The summed E-state index contributed by atoms with van der Waals surface area (Å²) in [5.41, 5.74) is 4.55. The summed E-state index contributed by atoms with van der Waals surface area (Å²) >= 11 is 0. The Morgan fingerprint density at radius 2 is 2.06 bits per heavy atom. The molecule has 98 valence electrons. The molecule has 1 aliphatic rings. The Labute approximate surface area is 107 Å². The van der Waals surface area contributed by atoms with E-state index < -0.39 is 12.2 Å². The molecular formula is C15H20O3. The molecule has 0 saturated carbocycles. The van der Waals surface area contributed by atoms with E-state index in [9.17, 15) is 15.3 Å². The summed E-state index contributed by atoms with van der Waals surface area (Å²) in [6, 6.07) is 3.70. The first-order valence-corrected chi connectivity index (χ1v) is 6.25. The molecule has 18 heavy (non-hydrogen) atoms. The van der Waals surface area contributed by atoms with Crippen LogP contribution in [0.25, 0.3) is 5.57 Å². The van der Waals surface area contributed by atoms with Crippen LogP contribution in [-0.4, -0.2) is 28.0 Å². The normalized spacial score (nSPS) is 26.8. The summed E-state index contributed by atoms with van der Waals surface area (Å²) in [6.07, 6.45) is -0.950. The Bertz CT molecular complexity index is 479. The zero-order chi connectivity index (χ0) is 13.4. The van der Waals surface area contributed by atoms with Crippen molar-refractivity contribution >= 4 is 5.57 Å². The van der Waals surface area contributed by atoms with Gasteiger partial charge in [0.25, 0.3) is 0 Å². The second-order valence-electron chi connectivity index (χ2n) is 5.15. The van der Waals surface area contributed by atoms with E-state index >= 15 is 0 Å². The van der Waals surface area contributed by atoms with E-state index in [0.717, 1.165) is 22.3 Å². The van der Waals surface area contributed by atoms with Crippen molar-refractivity contribution in [2.45, 2.75) is 38.4 Å². The molecule has 0 amide bonds. The van der Waals surface area contributed by atoms with E-state index in [2.05, 4.69) is 6.58 Å². The highest BCUT2D eigenvalue weighted by Gasteiger charge is 2.32. The van der Waals surface area contributed by atoms with E-state index in [-0.39, 0.29) is 12.5 Å². The van der Waals surface area contributed by atoms with Crippen LogP contribution in [0.15, 0.2) is 18.7 Å². The molecule has 0 bridgehead atoms. The molecule has 0 fully saturated rings. The number of hydrogen-bond acceptors (Lipinski definition) is 3. The number of benzene rings is 1. The average Bonchev–Trinajstić information content (AvgIpc) is 2.34. The second kappa shape index (κ2) is 4.84. The van der Waals surface area contributed by atoms with Crippen LogP contribution in [-0.2, 0) is 0 Å². The molecule has 0 saturated heterocycles. The number of aliphatic hydroxyl groups excluding tert-OH is 3. The first-order chi connectivity index (χ1) is 8.47. The van der Waals surface area contributed by atoms with Gasteiger partial charge in [0, 0.05) is 0 Å². The number of rotatable bonds is 2. The second-order valence-corrected chi connectivity index (χ2v) is 5.15. The lowest BCUT2D eigenvalue weighted by molar-refractivity contribution is 0.00135. The van der Waals surface area contributed by atoms with Crippen LogP contribution in [0.1, 0.15) is 47.6 Å². The molecule has 3 atom stereocenters. The fourth-order valence-electron chi connectivity index (χ4n) is 2.95. The minimum Gasteiger partial charge on any atom is -0.392 e. The van der Waals surface area contributed by atoms with E-state index in [0.29, 0.717) is 12.0 Å². The Balaban J connectivity index is 2.58. The predicted octanol–water partition coefficient (Wildman–Crippen LogP) is 1.90. The van der Waals surface area contributed by atoms with Gasteiger partial charge in [-0.05, 0) is 47.1 Å². The summed E-state index contributed by atoms with van der Waals surface area (Å²) in [4.78, 5) is 0. The van der Waals surface area contributed by atoms with Gasteiger partial charge in [0.05, 0.1) is 12.7 Å². The molecule has 0 heterocycles. The molecule has 0 aromatic heterocycles. The molecule has 3 unspecified atom stereocenters. The van der Waals surface area contributed by atoms with Crippen molar-refractivity contribution in [1.29, 1.82) is 0 Å². The van der Waals surface area contributed by atoms with Gasteiger partial charge in [-0.1, -0.05) is 25.6 Å². The third kappa shape index (κ3) is 1.99. The fourth-order valence-corrected chi connectivity index (χ4v) is 2.95. The lowest BCUT2D eigenvalue weighted by Crippen LogP contribution is -2.27. The van der Waals surface area contributed by atoms with Gasteiger partial charge in [-0.15, -0.1) is 0 Å². The van der Waals surface area contributed by atoms with Gasteiger partial charge in [0.1, 0.15) is 6.10 Å². The summed E-state index contributed by atoms with van der Waals surface area (Å²) in [7, 11) is 0. The topological polar surface area (TPSA) is 60.7 Å². The number of aliphatic hydroxyl groups is 3. The maximum absolute atomic E-state index is 10.0. The SMILES string of the molecule is C=C(CO)c1ccc2c(c1C)C(C)CC(O)C2O. The first-order valence-electron chi connectivity index (χ1n) is 6.25. The highest BCUT2D eigenvalue weighted by atomic mass is 16.3. The molecule has 0 radical (unpaired) electrons. The van der Waals surface area contributed by atoms with Crippen LogP contribution < -0.4 is 0 Å². The standard InChI is InChI=1S/C15H20O3/c1-8-6-13(17)15(18)12-5-4-11(9(2)7-16)10(3)14(8)12/h4-5,8,13,15-18H,2,6-7H2,1,3H3. The third-order valence-electron chi connectivity index (χ3n) is 3.89. The maximum Gasteiger partial charge on any atom is 0.105 e. The van der Waals surface area contributed by atoms with E-state index in [4.69, 9.17) is 0 Å². The molecule has 3 heteroatoms. The van der Waals surface area contributed by atoms with Crippen molar-refractivity contribution in [2.75, 3.05) is 6.61 Å². The van der Waals surface area contributed by atoms with Crippen LogP contribution >= 0.6 is 0 Å². The van der Waals surface area contributed by atoms with Gasteiger partial charge >= 0.3 is 0 Å². The van der Waals surface area contributed by atoms with Gasteiger partial charge in [-0.25, -0.2) is 0 Å². The van der Waals surface area contributed by atoms with Gasteiger partial charge in [0.15, 0.2) is 0 Å². The largest absolute Gasteiger partial charge is 0.392 e. The molecule has 1 aliphatic carbocycles. The molecule has 2 rings (SSSR count). The first kappa shape index (κ1) is 13.3. The van der Waals surface area contributed by atoms with Crippen LogP contribution in [0.4, 0.5) is 0 Å². The lowest BCUT2D eigenvalue weighted by Gasteiger charge is -2.33. The number of hydrogen-bond donors (Lipinski definition) is 3. The highest BCUT2D eigenvalue weighted by molar-refractivity contribution is 5.69. The maximum atomic E-state index is 10.0. The van der Waals surface area contributed by atoms with Crippen molar-refractivity contribution in [3.63, 3.8) is 0 Å². The molecule has 3 N–H and O–H groups in total. The molecule has 0 spiro atoms. The fraction of sp³-hybridized carbons (Fsp3) is 0.467. The number of fused-ring (bicyclic) bond motifs is 1. The van der Waals surface area contributed by atoms with E-state index in [1.807, 2.05) is 26.0 Å². The Hall–Kier alpha value is -1.16. The smallest absolute Gasteiger partial charge is 0.105 e. The average molecular weight is 248 g/mol. The van der Waals surface area contributed by atoms with Gasteiger partial charge < -0.3 is 15.3 Å². The van der Waals surface area contributed by atoms with Crippen molar-refractivity contribution < 1.29 is 15.3 Å². The molecule has 1 aromatic rings. The van der Waals surface area contributed by atoms with Gasteiger partial charge in [0.2, 0.25) is 0 Å². The van der Waals surface area contributed by atoms with E-state index in [1.165, 1.54) is 0 Å². The Kier molecular flexibility index (Phi) is 3.57. The van der Waals surface area contributed by atoms with Crippen molar-refractivity contribution in [3.8, 4) is 0 Å². The summed E-state index contributed by atoms with van der Waals surface area (Å²) in [5, 5.41) is 29.0. The summed E-state index contributed by atoms with van der Waals surface area (Å²) in [6.45, 7) is 7.81. The minimum absolute atomic E-state index is 0.0703. The minimum atomic E-state index is -0.814.